The van der Waals surface area contributed by atoms with Gasteiger partial charge in [0.2, 0.25) is 0 Å². The second-order valence-corrected chi connectivity index (χ2v) is 6.31. The first kappa shape index (κ1) is 17.9. The Hall–Kier alpha value is -2.93. The first-order chi connectivity index (χ1) is 12.6. The lowest BCUT2D eigenvalue weighted by atomic mass is 10.1. The maximum atomic E-state index is 12.2. The second-order valence-electron chi connectivity index (χ2n) is 6.31. The van der Waals surface area contributed by atoms with Gasteiger partial charge in [0.05, 0.1) is 11.0 Å². The number of carbonyl (C=O) groups is 1. The van der Waals surface area contributed by atoms with Crippen LogP contribution in [0.15, 0.2) is 54.6 Å². The summed E-state index contributed by atoms with van der Waals surface area (Å²) in [4.78, 5) is 25.0. The molecular weight excluding hydrogens is 332 g/mol. The summed E-state index contributed by atoms with van der Waals surface area (Å²) in [6.07, 6.45) is 2.34. The number of rotatable bonds is 6. The van der Waals surface area contributed by atoms with Crippen LogP contribution in [0.4, 0.5) is 16.2 Å². The van der Waals surface area contributed by atoms with Gasteiger partial charge in [-0.15, -0.1) is 0 Å². The van der Waals surface area contributed by atoms with Crippen molar-refractivity contribution in [3.05, 3.63) is 70.3 Å². The first-order valence-electron chi connectivity index (χ1n) is 8.72. The van der Waals surface area contributed by atoms with Crippen LogP contribution in [0.3, 0.4) is 0 Å². The molecule has 2 aromatic carbocycles. The number of anilines is 1. The molecular formula is C19H22N4O3. The van der Waals surface area contributed by atoms with Gasteiger partial charge in [-0.1, -0.05) is 36.4 Å². The predicted molar refractivity (Wildman–Crippen MR) is 100 cm³/mol. The number of likely N-dealkylation sites (tertiary alicyclic amines) is 1. The van der Waals surface area contributed by atoms with Crippen LogP contribution in [0.2, 0.25) is 0 Å². The van der Waals surface area contributed by atoms with Crippen LogP contribution in [-0.2, 0) is 0 Å². The third-order valence-electron chi connectivity index (χ3n) is 4.54. The molecule has 1 atom stereocenters. The number of benzene rings is 2. The van der Waals surface area contributed by atoms with Crippen molar-refractivity contribution >= 4 is 17.4 Å². The summed E-state index contributed by atoms with van der Waals surface area (Å²) in [5, 5.41) is 16.4. The number of hydrogen-bond donors (Lipinski definition) is 2. The van der Waals surface area contributed by atoms with Gasteiger partial charge >= 0.3 is 6.03 Å². The van der Waals surface area contributed by atoms with E-state index in [0.717, 1.165) is 13.1 Å². The van der Waals surface area contributed by atoms with E-state index >= 15 is 0 Å². The van der Waals surface area contributed by atoms with E-state index in [9.17, 15) is 14.9 Å². The van der Waals surface area contributed by atoms with Crippen LogP contribution in [0.1, 0.15) is 24.4 Å². The van der Waals surface area contributed by atoms with E-state index in [1.165, 1.54) is 30.5 Å². The van der Waals surface area contributed by atoms with Crippen LogP contribution >= 0.6 is 0 Å². The van der Waals surface area contributed by atoms with E-state index in [2.05, 4.69) is 27.7 Å². The Bertz CT molecular complexity index is 760. The number of nitro groups is 1. The molecule has 0 unspecified atom stereocenters. The molecule has 2 amide bonds. The fourth-order valence-corrected chi connectivity index (χ4v) is 3.25. The first-order valence-corrected chi connectivity index (χ1v) is 8.72. The molecule has 26 heavy (non-hydrogen) atoms. The van der Waals surface area contributed by atoms with Crippen molar-refractivity contribution in [3.63, 3.8) is 0 Å². The molecule has 2 aromatic rings. The predicted octanol–water partition coefficient (Wildman–Crippen LogP) is 3.55. The molecule has 1 aliphatic rings. The van der Waals surface area contributed by atoms with Gasteiger partial charge < -0.3 is 10.6 Å². The summed E-state index contributed by atoms with van der Waals surface area (Å²) in [6, 6.07) is 15.8. The Kier molecular flexibility index (Phi) is 5.80. The SMILES string of the molecule is O=C(NC[C@H](c1ccccc1)N1CCCC1)Nc1cccc([N+](=O)[O-])c1. The summed E-state index contributed by atoms with van der Waals surface area (Å²) >= 11 is 0. The minimum atomic E-state index is -0.484. The van der Waals surface area contributed by atoms with Crippen molar-refractivity contribution in [2.45, 2.75) is 18.9 Å². The molecule has 0 bridgehead atoms. The van der Waals surface area contributed by atoms with Crippen LogP contribution in [0, 0.1) is 10.1 Å². The molecule has 1 heterocycles. The highest BCUT2D eigenvalue weighted by Crippen LogP contribution is 2.24. The molecule has 0 spiro atoms. The zero-order valence-electron chi connectivity index (χ0n) is 14.4. The molecule has 3 rings (SSSR count). The van der Waals surface area contributed by atoms with Gasteiger partial charge in [0.1, 0.15) is 0 Å². The number of urea groups is 1. The van der Waals surface area contributed by atoms with Crippen LogP contribution in [-0.4, -0.2) is 35.5 Å². The van der Waals surface area contributed by atoms with E-state index < -0.39 is 4.92 Å². The second kappa shape index (κ2) is 8.44. The molecule has 1 saturated heterocycles. The lowest BCUT2D eigenvalue weighted by Crippen LogP contribution is -2.38. The van der Waals surface area contributed by atoms with Gasteiger partial charge in [-0.25, -0.2) is 4.79 Å². The lowest BCUT2D eigenvalue weighted by Gasteiger charge is -2.28. The minimum absolute atomic E-state index is 0.0537. The largest absolute Gasteiger partial charge is 0.336 e. The van der Waals surface area contributed by atoms with Gasteiger partial charge in [-0.3, -0.25) is 15.0 Å². The smallest absolute Gasteiger partial charge is 0.319 e. The average molecular weight is 354 g/mol. The normalized spacial score (nSPS) is 15.4. The fourth-order valence-electron chi connectivity index (χ4n) is 3.25. The quantitative estimate of drug-likeness (QED) is 0.613. The summed E-state index contributed by atoms with van der Waals surface area (Å²) in [6.45, 7) is 2.52. The molecule has 7 heteroatoms. The van der Waals surface area contributed by atoms with Gasteiger partial charge in [-0.2, -0.15) is 0 Å². The third kappa shape index (κ3) is 4.58. The minimum Gasteiger partial charge on any atom is -0.336 e. The molecule has 0 aromatic heterocycles. The topological polar surface area (TPSA) is 87.5 Å². The van der Waals surface area contributed by atoms with Gasteiger partial charge in [0.25, 0.3) is 5.69 Å². The maximum absolute atomic E-state index is 12.2. The average Bonchev–Trinajstić information content (AvgIpc) is 3.17. The molecule has 7 nitrogen and oxygen atoms in total. The van der Waals surface area contributed by atoms with E-state index in [1.807, 2.05) is 18.2 Å². The van der Waals surface area contributed by atoms with Crippen molar-refractivity contribution in [1.29, 1.82) is 0 Å². The number of hydrogen-bond acceptors (Lipinski definition) is 4. The van der Waals surface area contributed by atoms with Crippen LogP contribution < -0.4 is 10.6 Å². The fraction of sp³-hybridized carbons (Fsp3) is 0.316. The van der Waals surface area contributed by atoms with Crippen molar-refractivity contribution in [3.8, 4) is 0 Å². The molecule has 0 aliphatic carbocycles. The Balaban J connectivity index is 1.62. The number of nitro benzene ring substituents is 1. The number of carbonyl (C=O) groups excluding carboxylic acids is 1. The summed E-state index contributed by atoms with van der Waals surface area (Å²) in [5.74, 6) is 0. The monoisotopic (exact) mass is 354 g/mol. The maximum Gasteiger partial charge on any atom is 0.319 e. The van der Waals surface area contributed by atoms with Crippen molar-refractivity contribution in [2.24, 2.45) is 0 Å². The number of nitrogens with zero attached hydrogens (tertiary/aromatic N) is 2. The summed E-state index contributed by atoms with van der Waals surface area (Å²) in [5.41, 5.74) is 1.52. The zero-order valence-corrected chi connectivity index (χ0v) is 14.4. The van der Waals surface area contributed by atoms with E-state index in [4.69, 9.17) is 0 Å². The highest BCUT2D eigenvalue weighted by Gasteiger charge is 2.23. The number of nitrogens with one attached hydrogen (secondary N) is 2. The summed E-state index contributed by atoms with van der Waals surface area (Å²) < 4.78 is 0. The van der Waals surface area contributed by atoms with Gasteiger partial charge in [0.15, 0.2) is 0 Å². The van der Waals surface area contributed by atoms with Crippen molar-refractivity contribution in [2.75, 3.05) is 25.0 Å². The number of non-ortho nitro benzene ring substituents is 1. The van der Waals surface area contributed by atoms with Gasteiger partial charge in [-0.05, 0) is 37.6 Å². The standard InChI is InChI=1S/C19H22N4O3/c24-19(21-16-9-6-10-17(13-16)23(25)26)20-14-18(22-11-4-5-12-22)15-7-2-1-3-8-15/h1-3,6-10,13,18H,4-5,11-12,14H2,(H2,20,21,24)/t18-/m1/s1. The molecule has 136 valence electrons. The Labute approximate surface area is 152 Å². The molecule has 1 fully saturated rings. The molecule has 1 aliphatic heterocycles. The highest BCUT2D eigenvalue weighted by atomic mass is 16.6. The molecule has 0 saturated carbocycles. The van der Waals surface area contributed by atoms with E-state index in [-0.39, 0.29) is 17.8 Å². The highest BCUT2D eigenvalue weighted by molar-refractivity contribution is 5.89. The van der Waals surface area contributed by atoms with Gasteiger partial charge in [0, 0.05) is 24.4 Å². The molecule has 2 N–H and O–H groups in total. The van der Waals surface area contributed by atoms with Crippen molar-refractivity contribution < 1.29 is 9.72 Å². The summed E-state index contributed by atoms with van der Waals surface area (Å²) in [7, 11) is 0. The van der Waals surface area contributed by atoms with Crippen LogP contribution in [0.5, 0.6) is 0 Å². The Morgan fingerprint density at radius 1 is 1.12 bits per heavy atom. The Morgan fingerprint density at radius 2 is 1.85 bits per heavy atom. The molecule has 0 radical (unpaired) electrons. The van der Waals surface area contributed by atoms with E-state index in [0.29, 0.717) is 12.2 Å². The van der Waals surface area contributed by atoms with E-state index in [1.54, 1.807) is 12.1 Å². The zero-order chi connectivity index (χ0) is 18.4. The Morgan fingerprint density at radius 3 is 2.54 bits per heavy atom. The lowest BCUT2D eigenvalue weighted by molar-refractivity contribution is -0.384. The van der Waals surface area contributed by atoms with Crippen molar-refractivity contribution in [1.82, 2.24) is 10.2 Å². The van der Waals surface area contributed by atoms with Crippen LogP contribution in [0.25, 0.3) is 0 Å². The third-order valence-corrected chi connectivity index (χ3v) is 4.54. The number of amides is 2.